The van der Waals surface area contributed by atoms with Crippen LogP contribution in [0.2, 0.25) is 0 Å². The van der Waals surface area contributed by atoms with Gasteiger partial charge in [0.1, 0.15) is 10.3 Å². The van der Waals surface area contributed by atoms with E-state index in [2.05, 4.69) is 15.3 Å². The summed E-state index contributed by atoms with van der Waals surface area (Å²) < 4.78 is 0. The number of hydrogen-bond acceptors (Lipinski definition) is 4. The van der Waals surface area contributed by atoms with E-state index < -0.39 is 0 Å². The van der Waals surface area contributed by atoms with Crippen LogP contribution in [0.1, 0.15) is 0 Å². The highest BCUT2D eigenvalue weighted by molar-refractivity contribution is 7.22. The zero-order valence-electron chi connectivity index (χ0n) is 6.03. The molecule has 0 saturated heterocycles. The second-order valence-corrected chi connectivity index (χ2v) is 3.14. The largest absolute Gasteiger partial charge is 0.380 e. The Labute approximate surface area is 68.1 Å². The van der Waals surface area contributed by atoms with Gasteiger partial charge in [-0.3, -0.25) is 4.98 Å². The predicted octanol–water partition coefficient (Wildman–Crippen LogP) is 1.73. The molecule has 0 unspecified atom stereocenters. The first kappa shape index (κ1) is 6.54. The molecule has 0 amide bonds. The number of rotatable bonds is 1. The number of hydrogen-bond donors (Lipinski definition) is 1. The van der Waals surface area contributed by atoms with E-state index in [4.69, 9.17) is 0 Å². The Morgan fingerprint density at radius 3 is 2.91 bits per heavy atom. The first-order valence-electron chi connectivity index (χ1n) is 3.28. The highest BCUT2D eigenvalue weighted by Gasteiger charge is 1.99. The zero-order valence-corrected chi connectivity index (χ0v) is 6.85. The minimum atomic E-state index is 0.960. The molecule has 0 atom stereocenters. The van der Waals surface area contributed by atoms with Gasteiger partial charge in [-0.2, -0.15) is 0 Å². The van der Waals surface area contributed by atoms with Gasteiger partial charge in [-0.25, -0.2) is 4.98 Å². The summed E-state index contributed by atoms with van der Waals surface area (Å²) in [5.74, 6) is 0. The number of fused-ring (bicyclic) bond motifs is 1. The molecule has 11 heavy (non-hydrogen) atoms. The van der Waals surface area contributed by atoms with Crippen LogP contribution in [0, 0.1) is 0 Å². The van der Waals surface area contributed by atoms with Gasteiger partial charge in [-0.1, -0.05) is 11.3 Å². The second kappa shape index (κ2) is 2.47. The standard InChI is InChI=1S/C7H7N3S/c1-8-6-4-5-7(11-6)10-3-2-9-5/h2-4,8H,1H3. The lowest BCUT2D eigenvalue weighted by Gasteiger charge is -1.85. The van der Waals surface area contributed by atoms with Crippen molar-refractivity contribution < 1.29 is 0 Å². The van der Waals surface area contributed by atoms with Gasteiger partial charge in [0.2, 0.25) is 0 Å². The highest BCUT2D eigenvalue weighted by Crippen LogP contribution is 2.25. The lowest BCUT2D eigenvalue weighted by molar-refractivity contribution is 1.32. The third-order valence-electron chi connectivity index (χ3n) is 1.41. The molecule has 0 aromatic carbocycles. The molecule has 1 N–H and O–H groups in total. The molecule has 0 fully saturated rings. The lowest BCUT2D eigenvalue weighted by atomic mass is 10.5. The molecule has 0 radical (unpaired) electrons. The number of nitrogens with zero attached hydrogens (tertiary/aromatic N) is 2. The van der Waals surface area contributed by atoms with Crippen molar-refractivity contribution in [3.8, 4) is 0 Å². The van der Waals surface area contributed by atoms with Gasteiger partial charge in [0.15, 0.2) is 0 Å². The van der Waals surface area contributed by atoms with Crippen molar-refractivity contribution in [1.82, 2.24) is 9.97 Å². The van der Waals surface area contributed by atoms with Crippen LogP contribution in [-0.2, 0) is 0 Å². The summed E-state index contributed by atoms with van der Waals surface area (Å²) in [4.78, 5) is 9.31. The molecule has 2 aromatic rings. The first-order valence-corrected chi connectivity index (χ1v) is 4.10. The van der Waals surface area contributed by atoms with Crippen molar-refractivity contribution in [3.05, 3.63) is 18.5 Å². The molecule has 2 heterocycles. The van der Waals surface area contributed by atoms with Crippen LogP contribution in [0.5, 0.6) is 0 Å². The Bertz CT molecular complexity index is 335. The van der Waals surface area contributed by atoms with Gasteiger partial charge in [0, 0.05) is 25.5 Å². The van der Waals surface area contributed by atoms with Gasteiger partial charge in [0.05, 0.1) is 5.00 Å². The Hall–Kier alpha value is -1.16. The Morgan fingerprint density at radius 1 is 1.36 bits per heavy atom. The molecule has 0 spiro atoms. The summed E-state index contributed by atoms with van der Waals surface area (Å²) in [6, 6.07) is 1.99. The molecule has 0 aliphatic carbocycles. The molecule has 0 saturated carbocycles. The van der Waals surface area contributed by atoms with Crippen LogP contribution < -0.4 is 5.32 Å². The van der Waals surface area contributed by atoms with Gasteiger partial charge in [-0.05, 0) is 0 Å². The van der Waals surface area contributed by atoms with Crippen molar-refractivity contribution >= 4 is 26.7 Å². The number of anilines is 1. The zero-order chi connectivity index (χ0) is 7.68. The van der Waals surface area contributed by atoms with Crippen molar-refractivity contribution in [3.63, 3.8) is 0 Å². The molecule has 0 aliphatic heterocycles. The van der Waals surface area contributed by atoms with Crippen molar-refractivity contribution in [2.75, 3.05) is 12.4 Å². The molecule has 3 nitrogen and oxygen atoms in total. The van der Waals surface area contributed by atoms with Crippen LogP contribution in [-0.4, -0.2) is 17.0 Å². The average Bonchev–Trinajstić information content (AvgIpc) is 2.46. The van der Waals surface area contributed by atoms with Crippen LogP contribution >= 0.6 is 11.3 Å². The summed E-state index contributed by atoms with van der Waals surface area (Å²) in [6.07, 6.45) is 3.41. The fourth-order valence-electron chi connectivity index (χ4n) is 0.895. The third-order valence-corrected chi connectivity index (χ3v) is 2.46. The quantitative estimate of drug-likeness (QED) is 0.699. The van der Waals surface area contributed by atoms with Crippen molar-refractivity contribution in [2.45, 2.75) is 0 Å². The fraction of sp³-hybridized carbons (Fsp3) is 0.143. The minimum Gasteiger partial charge on any atom is -0.380 e. The SMILES string of the molecule is CNc1cc2nccnc2s1. The third kappa shape index (κ3) is 1.05. The van der Waals surface area contributed by atoms with E-state index in [1.807, 2.05) is 13.1 Å². The Kier molecular flexibility index (Phi) is 1.47. The fourth-order valence-corrected chi connectivity index (χ4v) is 1.71. The number of aromatic nitrogens is 2. The van der Waals surface area contributed by atoms with Crippen LogP contribution in [0.3, 0.4) is 0 Å². The van der Waals surface area contributed by atoms with Crippen molar-refractivity contribution in [2.24, 2.45) is 0 Å². The molecule has 4 heteroatoms. The van der Waals surface area contributed by atoms with E-state index in [1.165, 1.54) is 0 Å². The molecular weight excluding hydrogens is 158 g/mol. The van der Waals surface area contributed by atoms with Crippen LogP contribution in [0.4, 0.5) is 5.00 Å². The summed E-state index contributed by atoms with van der Waals surface area (Å²) >= 11 is 1.61. The summed E-state index contributed by atoms with van der Waals surface area (Å²) in [5, 5.41) is 4.16. The molecule has 0 aliphatic rings. The molecule has 56 valence electrons. The topological polar surface area (TPSA) is 37.8 Å². The summed E-state index contributed by atoms with van der Waals surface area (Å²) in [5.41, 5.74) is 0.960. The molecule has 2 aromatic heterocycles. The van der Waals surface area contributed by atoms with E-state index in [0.717, 1.165) is 15.3 Å². The average molecular weight is 165 g/mol. The van der Waals surface area contributed by atoms with E-state index in [0.29, 0.717) is 0 Å². The Morgan fingerprint density at radius 2 is 2.18 bits per heavy atom. The van der Waals surface area contributed by atoms with E-state index >= 15 is 0 Å². The molecule has 2 rings (SSSR count). The van der Waals surface area contributed by atoms with Gasteiger partial charge in [0.25, 0.3) is 0 Å². The molecule has 0 bridgehead atoms. The lowest BCUT2D eigenvalue weighted by Crippen LogP contribution is -1.80. The maximum atomic E-state index is 4.17. The van der Waals surface area contributed by atoms with E-state index in [9.17, 15) is 0 Å². The second-order valence-electron chi connectivity index (χ2n) is 2.11. The van der Waals surface area contributed by atoms with Crippen LogP contribution in [0.25, 0.3) is 10.3 Å². The monoisotopic (exact) mass is 165 g/mol. The predicted molar refractivity (Wildman–Crippen MR) is 47.0 cm³/mol. The minimum absolute atomic E-state index is 0.960. The number of thiophene rings is 1. The van der Waals surface area contributed by atoms with Gasteiger partial charge < -0.3 is 5.32 Å². The maximum absolute atomic E-state index is 4.17. The Balaban J connectivity index is 2.69. The summed E-state index contributed by atoms with van der Waals surface area (Å²) in [6.45, 7) is 0. The smallest absolute Gasteiger partial charge is 0.143 e. The normalized spacial score (nSPS) is 10.3. The maximum Gasteiger partial charge on any atom is 0.143 e. The van der Waals surface area contributed by atoms with Gasteiger partial charge >= 0.3 is 0 Å². The molecular formula is C7H7N3S. The number of nitrogens with one attached hydrogen (secondary N) is 1. The first-order chi connectivity index (χ1) is 5.40. The van der Waals surface area contributed by atoms with E-state index in [1.54, 1.807) is 23.7 Å². The van der Waals surface area contributed by atoms with Crippen molar-refractivity contribution in [1.29, 1.82) is 0 Å². The summed E-state index contributed by atoms with van der Waals surface area (Å²) in [7, 11) is 1.89. The van der Waals surface area contributed by atoms with E-state index in [-0.39, 0.29) is 0 Å². The highest BCUT2D eigenvalue weighted by atomic mass is 32.1. The van der Waals surface area contributed by atoms with Crippen LogP contribution in [0.15, 0.2) is 18.5 Å². The van der Waals surface area contributed by atoms with Gasteiger partial charge in [-0.15, -0.1) is 0 Å².